The topological polar surface area (TPSA) is 101 Å². The predicted molar refractivity (Wildman–Crippen MR) is 94.8 cm³/mol. The molecule has 0 saturated carbocycles. The Morgan fingerprint density at radius 1 is 1.24 bits per heavy atom. The summed E-state index contributed by atoms with van der Waals surface area (Å²) in [6.45, 7) is 0.154. The fourth-order valence-corrected chi connectivity index (χ4v) is 2.91. The standard InChI is InChI=1S/C17H16N4O3S/c22-14-8-13(6-7-18-14)17-20-16(24-21-17)9-19-15(23)11-25-10-12-4-2-1-3-5-12/h1-8H,9-11H2,(H,18,22)(H,19,23). The van der Waals surface area contributed by atoms with E-state index in [1.165, 1.54) is 29.6 Å². The van der Waals surface area contributed by atoms with E-state index < -0.39 is 0 Å². The van der Waals surface area contributed by atoms with Crippen LogP contribution in [0, 0.1) is 0 Å². The zero-order chi connectivity index (χ0) is 17.5. The average molecular weight is 356 g/mol. The van der Waals surface area contributed by atoms with Gasteiger partial charge in [0.25, 0.3) is 0 Å². The second-order valence-corrected chi connectivity index (χ2v) is 6.19. The zero-order valence-corrected chi connectivity index (χ0v) is 14.1. The molecule has 0 unspecified atom stereocenters. The lowest BCUT2D eigenvalue weighted by Crippen LogP contribution is -2.24. The van der Waals surface area contributed by atoms with Crippen LogP contribution in [-0.2, 0) is 17.1 Å². The number of aromatic amines is 1. The molecule has 1 aromatic carbocycles. The van der Waals surface area contributed by atoms with E-state index in [0.29, 0.717) is 17.1 Å². The number of benzene rings is 1. The fraction of sp³-hybridized carbons (Fsp3) is 0.176. The van der Waals surface area contributed by atoms with Crippen molar-refractivity contribution >= 4 is 17.7 Å². The molecule has 3 rings (SSSR count). The number of aromatic nitrogens is 3. The van der Waals surface area contributed by atoms with Crippen molar-refractivity contribution in [1.29, 1.82) is 0 Å². The van der Waals surface area contributed by atoms with E-state index in [-0.39, 0.29) is 23.9 Å². The Morgan fingerprint density at radius 2 is 2.08 bits per heavy atom. The highest BCUT2D eigenvalue weighted by Crippen LogP contribution is 2.13. The minimum absolute atomic E-state index is 0.100. The molecule has 0 aliphatic carbocycles. The van der Waals surface area contributed by atoms with Crippen molar-refractivity contribution in [3.63, 3.8) is 0 Å². The van der Waals surface area contributed by atoms with Gasteiger partial charge < -0.3 is 14.8 Å². The van der Waals surface area contributed by atoms with Crippen LogP contribution in [0.15, 0.2) is 58.0 Å². The predicted octanol–water partition coefficient (Wildman–Crippen LogP) is 1.97. The van der Waals surface area contributed by atoms with Gasteiger partial charge in [0.15, 0.2) is 0 Å². The molecule has 128 valence electrons. The molecule has 0 spiro atoms. The normalized spacial score (nSPS) is 10.6. The number of rotatable bonds is 7. The first-order valence-corrected chi connectivity index (χ1v) is 8.76. The van der Waals surface area contributed by atoms with E-state index in [9.17, 15) is 9.59 Å². The van der Waals surface area contributed by atoms with E-state index >= 15 is 0 Å². The van der Waals surface area contributed by atoms with E-state index in [2.05, 4.69) is 20.4 Å². The van der Waals surface area contributed by atoms with Crippen LogP contribution in [0.2, 0.25) is 0 Å². The molecule has 0 aliphatic heterocycles. The summed E-state index contributed by atoms with van der Waals surface area (Å²) in [4.78, 5) is 29.8. The highest BCUT2D eigenvalue weighted by molar-refractivity contribution is 7.99. The van der Waals surface area contributed by atoms with E-state index in [0.717, 1.165) is 5.75 Å². The van der Waals surface area contributed by atoms with Gasteiger partial charge in [-0.05, 0) is 11.6 Å². The van der Waals surface area contributed by atoms with Crippen molar-refractivity contribution in [2.75, 3.05) is 5.75 Å². The highest BCUT2D eigenvalue weighted by Gasteiger charge is 2.10. The third-order valence-electron chi connectivity index (χ3n) is 3.28. The van der Waals surface area contributed by atoms with Gasteiger partial charge in [-0.1, -0.05) is 35.5 Å². The van der Waals surface area contributed by atoms with Gasteiger partial charge in [0.2, 0.25) is 23.2 Å². The number of hydrogen-bond acceptors (Lipinski definition) is 6. The first-order valence-electron chi connectivity index (χ1n) is 7.61. The molecule has 0 saturated heterocycles. The maximum absolute atomic E-state index is 11.9. The quantitative estimate of drug-likeness (QED) is 0.671. The summed E-state index contributed by atoms with van der Waals surface area (Å²) < 4.78 is 5.09. The summed E-state index contributed by atoms with van der Waals surface area (Å²) in [5.41, 5.74) is 1.50. The van der Waals surface area contributed by atoms with Crippen molar-refractivity contribution in [2.45, 2.75) is 12.3 Å². The number of nitrogens with one attached hydrogen (secondary N) is 2. The number of amides is 1. The number of carbonyl (C=O) groups excluding carboxylic acids is 1. The molecule has 2 N–H and O–H groups in total. The molecule has 0 radical (unpaired) electrons. The van der Waals surface area contributed by atoms with Crippen LogP contribution in [0.3, 0.4) is 0 Å². The molecule has 0 atom stereocenters. The average Bonchev–Trinajstić information content (AvgIpc) is 3.10. The highest BCUT2D eigenvalue weighted by atomic mass is 32.2. The number of thioether (sulfide) groups is 1. The van der Waals surface area contributed by atoms with Crippen LogP contribution in [0.1, 0.15) is 11.5 Å². The van der Waals surface area contributed by atoms with E-state index in [1.807, 2.05) is 30.3 Å². The van der Waals surface area contributed by atoms with Crippen LogP contribution in [-0.4, -0.2) is 26.8 Å². The van der Waals surface area contributed by atoms with Crippen LogP contribution < -0.4 is 10.9 Å². The maximum Gasteiger partial charge on any atom is 0.248 e. The lowest BCUT2D eigenvalue weighted by atomic mass is 10.2. The van der Waals surface area contributed by atoms with Gasteiger partial charge in [0.1, 0.15) is 0 Å². The molecule has 2 aromatic heterocycles. The van der Waals surface area contributed by atoms with E-state index in [4.69, 9.17) is 4.52 Å². The minimum Gasteiger partial charge on any atom is -0.346 e. The second-order valence-electron chi connectivity index (χ2n) is 5.21. The monoisotopic (exact) mass is 356 g/mol. The van der Waals surface area contributed by atoms with Crippen molar-refractivity contribution in [2.24, 2.45) is 0 Å². The number of H-pyrrole nitrogens is 1. The number of nitrogens with zero attached hydrogens (tertiary/aromatic N) is 2. The number of carbonyl (C=O) groups is 1. The third kappa shape index (κ3) is 5.05. The first kappa shape index (κ1) is 17.0. The molecule has 3 aromatic rings. The van der Waals surface area contributed by atoms with Crippen molar-refractivity contribution in [1.82, 2.24) is 20.4 Å². The summed E-state index contributed by atoms with van der Waals surface area (Å²) in [6.07, 6.45) is 1.51. The van der Waals surface area contributed by atoms with Gasteiger partial charge in [0, 0.05) is 23.6 Å². The molecule has 7 nitrogen and oxygen atoms in total. The molecule has 0 bridgehead atoms. The summed E-state index contributed by atoms with van der Waals surface area (Å²) >= 11 is 1.54. The van der Waals surface area contributed by atoms with Gasteiger partial charge >= 0.3 is 0 Å². The van der Waals surface area contributed by atoms with Gasteiger partial charge in [0.05, 0.1) is 12.3 Å². The van der Waals surface area contributed by atoms with Crippen molar-refractivity contribution < 1.29 is 9.32 Å². The lowest BCUT2D eigenvalue weighted by molar-refractivity contribution is -0.118. The molecule has 0 aliphatic rings. The Labute approximate surface area is 147 Å². The van der Waals surface area contributed by atoms with Gasteiger partial charge in [-0.15, -0.1) is 11.8 Å². The lowest BCUT2D eigenvalue weighted by Gasteiger charge is -2.02. The molecule has 2 heterocycles. The number of pyridine rings is 1. The molecular weight excluding hydrogens is 340 g/mol. The summed E-state index contributed by atoms with van der Waals surface area (Å²) in [6, 6.07) is 13.0. The zero-order valence-electron chi connectivity index (χ0n) is 13.3. The Kier molecular flexibility index (Phi) is 5.63. The van der Waals surface area contributed by atoms with Crippen molar-refractivity contribution in [3.8, 4) is 11.4 Å². The third-order valence-corrected chi connectivity index (χ3v) is 4.29. The van der Waals surface area contributed by atoms with E-state index in [1.54, 1.807) is 6.07 Å². The van der Waals surface area contributed by atoms with Crippen molar-refractivity contribution in [3.05, 3.63) is 70.5 Å². The molecule has 25 heavy (non-hydrogen) atoms. The Balaban J connectivity index is 1.45. The molecular formula is C17H16N4O3S. The fourth-order valence-electron chi connectivity index (χ4n) is 2.09. The van der Waals surface area contributed by atoms with Gasteiger partial charge in [-0.25, -0.2) is 0 Å². The summed E-state index contributed by atoms with van der Waals surface area (Å²) in [5.74, 6) is 1.63. The van der Waals surface area contributed by atoms with Crippen LogP contribution >= 0.6 is 11.8 Å². The molecule has 8 heteroatoms. The van der Waals surface area contributed by atoms with Crippen LogP contribution in [0.4, 0.5) is 0 Å². The second kappa shape index (κ2) is 8.29. The largest absolute Gasteiger partial charge is 0.346 e. The van der Waals surface area contributed by atoms with Gasteiger partial charge in [-0.2, -0.15) is 4.98 Å². The first-order chi connectivity index (χ1) is 12.2. The Morgan fingerprint density at radius 3 is 2.88 bits per heavy atom. The Bertz CT molecular complexity index is 892. The summed E-state index contributed by atoms with van der Waals surface area (Å²) in [5, 5.41) is 6.55. The smallest absolute Gasteiger partial charge is 0.248 e. The van der Waals surface area contributed by atoms with Crippen LogP contribution in [0.5, 0.6) is 0 Å². The number of hydrogen-bond donors (Lipinski definition) is 2. The minimum atomic E-state index is -0.243. The van der Waals surface area contributed by atoms with Crippen LogP contribution in [0.25, 0.3) is 11.4 Å². The maximum atomic E-state index is 11.9. The SMILES string of the molecule is O=C(CSCc1ccccc1)NCc1nc(-c2cc[nH]c(=O)c2)no1. The Hall–Kier alpha value is -2.87. The summed E-state index contributed by atoms with van der Waals surface area (Å²) in [7, 11) is 0. The molecule has 1 amide bonds. The molecule has 0 fully saturated rings. The van der Waals surface area contributed by atoms with Gasteiger partial charge in [-0.3, -0.25) is 9.59 Å².